The van der Waals surface area contributed by atoms with E-state index in [0.29, 0.717) is 58.9 Å². The molecule has 3 heterocycles. The summed E-state index contributed by atoms with van der Waals surface area (Å²) in [7, 11) is 1.53. The van der Waals surface area contributed by atoms with E-state index in [-0.39, 0.29) is 49.0 Å². The molecule has 1 aliphatic heterocycles. The van der Waals surface area contributed by atoms with Gasteiger partial charge in [-0.25, -0.2) is 14.2 Å². The van der Waals surface area contributed by atoms with Crippen molar-refractivity contribution in [1.29, 1.82) is 0 Å². The third kappa shape index (κ3) is 7.34. The number of fused-ring (bicyclic) bond motifs is 2. The number of nitrogens with zero attached hydrogens (tertiary/aromatic N) is 2. The number of hydrogen-bond acceptors (Lipinski definition) is 8. The number of ketones is 1. The van der Waals surface area contributed by atoms with Crippen LogP contribution in [0.2, 0.25) is 0 Å². The van der Waals surface area contributed by atoms with E-state index in [1.54, 1.807) is 50.4 Å². The Bertz CT molecular complexity index is 1890. The van der Waals surface area contributed by atoms with Crippen LogP contribution in [0.3, 0.4) is 0 Å². The van der Waals surface area contributed by atoms with Crippen LogP contribution in [0.15, 0.2) is 60.8 Å². The van der Waals surface area contributed by atoms with Crippen LogP contribution >= 0.6 is 0 Å². The smallest absolute Gasteiger partial charge is 0.314 e. The van der Waals surface area contributed by atoms with Crippen LogP contribution in [-0.2, 0) is 15.8 Å². The van der Waals surface area contributed by atoms with E-state index in [1.807, 2.05) is 12.1 Å². The van der Waals surface area contributed by atoms with Crippen molar-refractivity contribution in [3.63, 3.8) is 0 Å². The van der Waals surface area contributed by atoms with Crippen LogP contribution in [0, 0.1) is 5.82 Å². The van der Waals surface area contributed by atoms with Gasteiger partial charge < -0.3 is 30.5 Å². The first kappa shape index (κ1) is 33.8. The lowest BCUT2D eigenvalue weighted by Crippen LogP contribution is -2.44. The molecular formula is C37H40FN5O6. The summed E-state index contributed by atoms with van der Waals surface area (Å²) in [5.74, 6) is 0.0471. The molecule has 3 amide bonds. The fourth-order valence-corrected chi connectivity index (χ4v) is 5.83. The van der Waals surface area contributed by atoms with Gasteiger partial charge in [0.05, 0.1) is 11.8 Å². The molecule has 1 aliphatic carbocycles. The van der Waals surface area contributed by atoms with Crippen LogP contribution in [-0.4, -0.2) is 65.6 Å². The zero-order valence-corrected chi connectivity index (χ0v) is 27.8. The number of aliphatic hydroxyl groups is 1. The molecule has 1 saturated carbocycles. The average Bonchev–Trinajstić information content (AvgIpc) is 3.86. The zero-order chi connectivity index (χ0) is 34.8. The number of hydrogen-bond donors (Lipinski definition) is 4. The molecule has 11 nitrogen and oxygen atoms in total. The number of halogens is 1. The highest BCUT2D eigenvalue weighted by Crippen LogP contribution is 2.46. The Balaban J connectivity index is 1.26. The van der Waals surface area contributed by atoms with Crippen LogP contribution in [0.4, 0.5) is 9.18 Å². The SMILES string of the molecule is CNC(=O)NCCCNC(=O)[C@@]1(C)COc2c1cc([C@@](C)(O)CCC(=O)c1cc(OC3CC3)c3ncccc3c1)nc2-c1ccc(F)cc1. The molecule has 2 aromatic heterocycles. The second kappa shape index (κ2) is 13.8. The average molecular weight is 670 g/mol. The number of urea groups is 1. The highest BCUT2D eigenvalue weighted by atomic mass is 19.1. The van der Waals surface area contributed by atoms with Crippen molar-refractivity contribution in [1.82, 2.24) is 25.9 Å². The lowest BCUT2D eigenvalue weighted by atomic mass is 9.81. The Morgan fingerprint density at radius 3 is 2.59 bits per heavy atom. The summed E-state index contributed by atoms with van der Waals surface area (Å²) in [5.41, 5.74) is 0.105. The molecule has 0 radical (unpaired) electrons. The van der Waals surface area contributed by atoms with E-state index in [1.165, 1.54) is 19.2 Å². The van der Waals surface area contributed by atoms with E-state index < -0.39 is 16.8 Å². The molecule has 2 aromatic carbocycles. The summed E-state index contributed by atoms with van der Waals surface area (Å²) in [6, 6.07) is 14.3. The third-order valence-electron chi connectivity index (χ3n) is 9.04. The van der Waals surface area contributed by atoms with E-state index in [0.717, 1.165) is 18.2 Å². The first-order chi connectivity index (χ1) is 23.5. The Labute approximate surface area is 283 Å². The van der Waals surface area contributed by atoms with Crippen molar-refractivity contribution in [2.75, 3.05) is 26.7 Å². The normalized spacial score (nSPS) is 17.8. The number of amides is 3. The number of carbonyl (C=O) groups excluding carboxylic acids is 3. The first-order valence-corrected chi connectivity index (χ1v) is 16.5. The number of aromatic nitrogens is 2. The summed E-state index contributed by atoms with van der Waals surface area (Å²) in [4.78, 5) is 47.9. The molecule has 2 aliphatic rings. The van der Waals surface area contributed by atoms with Gasteiger partial charge in [0.1, 0.15) is 46.1 Å². The van der Waals surface area contributed by atoms with Crippen molar-refractivity contribution in [3.05, 3.63) is 83.4 Å². The maximum Gasteiger partial charge on any atom is 0.314 e. The number of nitrogens with one attached hydrogen (secondary N) is 3. The number of rotatable bonds is 13. The lowest BCUT2D eigenvalue weighted by Gasteiger charge is -2.26. The maximum atomic E-state index is 13.9. The number of Topliss-reactive ketones (excluding diaryl/α,β-unsaturated/α-hetero) is 1. The van der Waals surface area contributed by atoms with Gasteiger partial charge in [-0.05, 0) is 88.1 Å². The lowest BCUT2D eigenvalue weighted by molar-refractivity contribution is -0.126. The molecule has 4 N–H and O–H groups in total. The van der Waals surface area contributed by atoms with Crippen LogP contribution in [0.5, 0.6) is 11.5 Å². The second-order valence-electron chi connectivity index (χ2n) is 13.0. The van der Waals surface area contributed by atoms with Gasteiger partial charge in [-0.2, -0.15) is 0 Å². The van der Waals surface area contributed by atoms with Crippen molar-refractivity contribution in [2.24, 2.45) is 0 Å². The Morgan fingerprint density at radius 1 is 1.10 bits per heavy atom. The van der Waals surface area contributed by atoms with Gasteiger partial charge in [0.25, 0.3) is 0 Å². The second-order valence-corrected chi connectivity index (χ2v) is 13.0. The van der Waals surface area contributed by atoms with E-state index in [9.17, 15) is 23.9 Å². The molecule has 0 spiro atoms. The highest BCUT2D eigenvalue weighted by Gasteiger charge is 2.46. The molecular weight excluding hydrogens is 629 g/mol. The van der Waals surface area contributed by atoms with Crippen LogP contribution in [0.25, 0.3) is 22.2 Å². The zero-order valence-electron chi connectivity index (χ0n) is 27.8. The standard InChI is InChI=1S/C37H40FN5O6/c1-36(34(45)41-16-5-17-42-35(46)39-3)21-48-33-27(36)20-30(43-32(33)22-7-9-25(38)10-8-22)37(2,47)14-13-28(44)24-18-23-6-4-15-40-31(23)29(19-24)49-26-11-12-26/h4,6-10,15,18-20,26,47H,5,11-14,16-17,21H2,1-3H3,(H,41,45)(H2,39,42,46)/t36-,37-/m0/s1. The summed E-state index contributed by atoms with van der Waals surface area (Å²) < 4.78 is 26.1. The first-order valence-electron chi connectivity index (χ1n) is 16.5. The van der Waals surface area contributed by atoms with Crippen molar-refractivity contribution in [3.8, 4) is 22.8 Å². The number of benzene rings is 2. The third-order valence-corrected chi connectivity index (χ3v) is 9.04. The monoisotopic (exact) mass is 669 g/mol. The summed E-state index contributed by atoms with van der Waals surface area (Å²) in [6.45, 7) is 4.05. The highest BCUT2D eigenvalue weighted by molar-refractivity contribution is 6.01. The Kier molecular flexibility index (Phi) is 9.51. The van der Waals surface area contributed by atoms with E-state index >= 15 is 0 Å². The minimum Gasteiger partial charge on any atom is -0.489 e. The molecule has 1 fully saturated rings. The van der Waals surface area contributed by atoms with Gasteiger partial charge in [-0.15, -0.1) is 0 Å². The van der Waals surface area contributed by atoms with E-state index in [4.69, 9.17) is 14.5 Å². The minimum atomic E-state index is -1.59. The predicted octanol–water partition coefficient (Wildman–Crippen LogP) is 4.93. The van der Waals surface area contributed by atoms with Crippen LogP contribution < -0.4 is 25.4 Å². The van der Waals surface area contributed by atoms with Crippen LogP contribution in [0.1, 0.15) is 67.6 Å². The van der Waals surface area contributed by atoms with Gasteiger partial charge >= 0.3 is 6.03 Å². The number of carbonyl (C=O) groups is 3. The number of pyridine rings is 2. The topological polar surface area (TPSA) is 152 Å². The largest absolute Gasteiger partial charge is 0.489 e. The summed E-state index contributed by atoms with van der Waals surface area (Å²) in [6.07, 6.45) is 4.29. The van der Waals surface area contributed by atoms with Gasteiger partial charge in [0.2, 0.25) is 5.91 Å². The molecule has 256 valence electrons. The van der Waals surface area contributed by atoms with Gasteiger partial charge in [0, 0.05) is 54.8 Å². The minimum absolute atomic E-state index is 0.00459. The van der Waals surface area contributed by atoms with E-state index in [2.05, 4.69) is 20.9 Å². The molecule has 12 heteroatoms. The summed E-state index contributed by atoms with van der Waals surface area (Å²) in [5, 5.41) is 20.8. The molecule has 2 atom stereocenters. The molecule has 6 rings (SSSR count). The quantitative estimate of drug-likeness (QED) is 0.116. The Morgan fingerprint density at radius 2 is 1.86 bits per heavy atom. The molecule has 0 unspecified atom stereocenters. The predicted molar refractivity (Wildman–Crippen MR) is 181 cm³/mol. The fraction of sp³-hybridized carbons (Fsp3) is 0.378. The van der Waals surface area contributed by atoms with Crippen molar-refractivity contribution < 1.29 is 33.4 Å². The molecule has 4 aromatic rings. The van der Waals surface area contributed by atoms with Gasteiger partial charge in [-0.3, -0.25) is 14.6 Å². The number of ether oxygens (including phenoxy) is 2. The fourth-order valence-electron chi connectivity index (χ4n) is 5.83. The molecule has 0 saturated heterocycles. The Hall–Kier alpha value is -5.10. The molecule has 0 bridgehead atoms. The van der Waals surface area contributed by atoms with Gasteiger partial charge in [0.15, 0.2) is 5.78 Å². The van der Waals surface area contributed by atoms with Crippen molar-refractivity contribution >= 4 is 28.6 Å². The van der Waals surface area contributed by atoms with Crippen molar-refractivity contribution in [2.45, 2.75) is 63.1 Å². The van der Waals surface area contributed by atoms with Gasteiger partial charge in [-0.1, -0.05) is 6.07 Å². The maximum absolute atomic E-state index is 13.9. The summed E-state index contributed by atoms with van der Waals surface area (Å²) >= 11 is 0. The molecule has 49 heavy (non-hydrogen) atoms.